The van der Waals surface area contributed by atoms with E-state index < -0.39 is 0 Å². The van der Waals surface area contributed by atoms with Gasteiger partial charge in [-0.1, -0.05) is 6.07 Å². The number of hydrogen-bond donors (Lipinski definition) is 2. The lowest BCUT2D eigenvalue weighted by Crippen LogP contribution is -2.34. The fourth-order valence-electron chi connectivity index (χ4n) is 2.42. The summed E-state index contributed by atoms with van der Waals surface area (Å²) in [6.07, 6.45) is 4.59. The Bertz CT molecular complexity index is 704. The second kappa shape index (κ2) is 3.82. The molecular weight excluding hydrogens is 222 g/mol. The van der Waals surface area contributed by atoms with Crippen LogP contribution in [0.25, 0.3) is 21.8 Å². The first kappa shape index (κ1) is 11.2. The molecule has 3 aromatic rings. The van der Waals surface area contributed by atoms with Crippen LogP contribution in [0.3, 0.4) is 0 Å². The number of nitrogens with two attached hydrogens (primary N) is 1. The minimum Gasteiger partial charge on any atom is -0.354 e. The van der Waals surface area contributed by atoms with Gasteiger partial charge in [0.15, 0.2) is 0 Å². The van der Waals surface area contributed by atoms with E-state index in [1.165, 1.54) is 16.3 Å². The maximum atomic E-state index is 6.08. The standard InChI is InChI=1S/C15H17N3/c1-15(2,16)8-10-3-4-13-11(7-10)12-9-17-6-5-14(12)18-13/h3-7,9,18H,8,16H2,1-2H3. The maximum absolute atomic E-state index is 6.08. The van der Waals surface area contributed by atoms with Crippen LogP contribution in [-0.4, -0.2) is 15.5 Å². The van der Waals surface area contributed by atoms with Crippen LogP contribution in [0.2, 0.25) is 0 Å². The maximum Gasteiger partial charge on any atom is 0.0495 e. The highest BCUT2D eigenvalue weighted by molar-refractivity contribution is 6.06. The van der Waals surface area contributed by atoms with Gasteiger partial charge < -0.3 is 10.7 Å². The van der Waals surface area contributed by atoms with Gasteiger partial charge in [0.25, 0.3) is 0 Å². The molecule has 0 amide bonds. The highest BCUT2D eigenvalue weighted by Gasteiger charge is 2.12. The fraction of sp³-hybridized carbons (Fsp3) is 0.267. The SMILES string of the molecule is CC(C)(N)Cc1ccc2[nH]c3ccncc3c2c1. The molecule has 92 valence electrons. The van der Waals surface area contributed by atoms with E-state index in [9.17, 15) is 0 Å². The zero-order chi connectivity index (χ0) is 12.8. The molecule has 0 aliphatic heterocycles. The van der Waals surface area contributed by atoms with Gasteiger partial charge >= 0.3 is 0 Å². The summed E-state index contributed by atoms with van der Waals surface area (Å²) in [6, 6.07) is 8.47. The van der Waals surface area contributed by atoms with Crippen molar-refractivity contribution in [2.45, 2.75) is 25.8 Å². The molecule has 0 bridgehead atoms. The van der Waals surface area contributed by atoms with E-state index in [2.05, 4.69) is 28.2 Å². The van der Waals surface area contributed by atoms with Gasteiger partial charge in [-0.3, -0.25) is 4.98 Å². The van der Waals surface area contributed by atoms with E-state index >= 15 is 0 Å². The van der Waals surface area contributed by atoms with Crippen molar-refractivity contribution in [3.8, 4) is 0 Å². The van der Waals surface area contributed by atoms with Crippen LogP contribution >= 0.6 is 0 Å². The van der Waals surface area contributed by atoms with Gasteiger partial charge in [0.1, 0.15) is 0 Å². The molecule has 18 heavy (non-hydrogen) atoms. The molecule has 3 nitrogen and oxygen atoms in total. The Labute approximate surface area is 106 Å². The normalized spacial score (nSPS) is 12.4. The van der Waals surface area contributed by atoms with Crippen LogP contribution in [0.1, 0.15) is 19.4 Å². The van der Waals surface area contributed by atoms with Crippen molar-refractivity contribution in [2.24, 2.45) is 5.73 Å². The number of fused-ring (bicyclic) bond motifs is 3. The summed E-state index contributed by atoms with van der Waals surface area (Å²) in [4.78, 5) is 7.59. The smallest absolute Gasteiger partial charge is 0.0495 e. The van der Waals surface area contributed by atoms with Gasteiger partial charge in [0, 0.05) is 39.7 Å². The zero-order valence-corrected chi connectivity index (χ0v) is 10.7. The number of H-pyrrole nitrogens is 1. The molecule has 3 rings (SSSR count). The third-order valence-electron chi connectivity index (χ3n) is 3.12. The minimum atomic E-state index is -0.183. The summed E-state index contributed by atoms with van der Waals surface area (Å²) in [6.45, 7) is 4.10. The molecule has 1 aromatic carbocycles. The summed E-state index contributed by atoms with van der Waals surface area (Å²) in [7, 11) is 0. The van der Waals surface area contributed by atoms with Gasteiger partial charge in [-0.05, 0) is 44.0 Å². The quantitative estimate of drug-likeness (QED) is 0.722. The largest absolute Gasteiger partial charge is 0.354 e. The van der Waals surface area contributed by atoms with E-state index in [1.54, 1.807) is 0 Å². The van der Waals surface area contributed by atoms with Gasteiger partial charge in [0.05, 0.1) is 0 Å². The average molecular weight is 239 g/mol. The summed E-state index contributed by atoms with van der Waals surface area (Å²) in [5.41, 5.74) is 9.44. The predicted molar refractivity (Wildman–Crippen MR) is 75.6 cm³/mol. The molecule has 0 saturated heterocycles. The van der Waals surface area contributed by atoms with E-state index in [-0.39, 0.29) is 5.54 Å². The summed E-state index contributed by atoms with van der Waals surface area (Å²) in [5.74, 6) is 0. The second-order valence-corrected chi connectivity index (χ2v) is 5.59. The minimum absolute atomic E-state index is 0.183. The number of pyridine rings is 1. The fourth-order valence-corrected chi connectivity index (χ4v) is 2.42. The summed E-state index contributed by atoms with van der Waals surface area (Å²) in [5, 5.41) is 2.39. The number of aromatic amines is 1. The van der Waals surface area contributed by atoms with Crippen LogP contribution in [0, 0.1) is 0 Å². The van der Waals surface area contributed by atoms with Gasteiger partial charge in [-0.15, -0.1) is 0 Å². The molecule has 3 heteroatoms. The predicted octanol–water partition coefficient (Wildman–Crippen LogP) is 3.00. The number of aromatic nitrogens is 2. The molecule has 0 spiro atoms. The number of nitrogens with one attached hydrogen (secondary N) is 1. The van der Waals surface area contributed by atoms with Crippen molar-refractivity contribution in [3.63, 3.8) is 0 Å². The van der Waals surface area contributed by atoms with Crippen LogP contribution in [0.4, 0.5) is 0 Å². The lowest BCUT2D eigenvalue weighted by Gasteiger charge is -2.18. The molecule has 0 fully saturated rings. The number of benzene rings is 1. The Morgan fingerprint density at radius 3 is 2.72 bits per heavy atom. The molecule has 3 N–H and O–H groups in total. The van der Waals surface area contributed by atoms with Gasteiger partial charge in [0.2, 0.25) is 0 Å². The molecule has 2 aromatic heterocycles. The average Bonchev–Trinajstić information content (AvgIpc) is 2.65. The van der Waals surface area contributed by atoms with Crippen molar-refractivity contribution in [1.29, 1.82) is 0 Å². The third kappa shape index (κ3) is 1.97. The first-order chi connectivity index (χ1) is 8.53. The molecule has 0 unspecified atom stereocenters. The van der Waals surface area contributed by atoms with E-state index in [0.29, 0.717) is 0 Å². The monoisotopic (exact) mass is 239 g/mol. The van der Waals surface area contributed by atoms with Crippen LogP contribution in [0.15, 0.2) is 36.7 Å². The molecule has 0 aliphatic carbocycles. The zero-order valence-electron chi connectivity index (χ0n) is 10.7. The third-order valence-corrected chi connectivity index (χ3v) is 3.12. The van der Waals surface area contributed by atoms with Crippen LogP contribution < -0.4 is 5.73 Å². The number of hydrogen-bond acceptors (Lipinski definition) is 2. The van der Waals surface area contributed by atoms with Crippen molar-refractivity contribution >= 4 is 21.8 Å². The Morgan fingerprint density at radius 2 is 1.94 bits per heavy atom. The Morgan fingerprint density at radius 1 is 1.17 bits per heavy atom. The summed E-state index contributed by atoms with van der Waals surface area (Å²) >= 11 is 0. The molecule has 2 heterocycles. The van der Waals surface area contributed by atoms with E-state index in [1.807, 2.05) is 32.3 Å². The van der Waals surface area contributed by atoms with E-state index in [0.717, 1.165) is 17.5 Å². The van der Waals surface area contributed by atoms with Crippen molar-refractivity contribution in [3.05, 3.63) is 42.2 Å². The topological polar surface area (TPSA) is 54.7 Å². The van der Waals surface area contributed by atoms with Gasteiger partial charge in [-0.25, -0.2) is 0 Å². The molecule has 0 atom stereocenters. The first-order valence-electron chi connectivity index (χ1n) is 6.16. The lowest BCUT2D eigenvalue weighted by molar-refractivity contribution is 0.517. The number of nitrogens with zero attached hydrogens (tertiary/aromatic N) is 1. The van der Waals surface area contributed by atoms with Crippen LogP contribution in [0.5, 0.6) is 0 Å². The Balaban J connectivity index is 2.18. The molecular formula is C15H17N3. The highest BCUT2D eigenvalue weighted by atomic mass is 14.7. The molecule has 0 radical (unpaired) electrons. The van der Waals surface area contributed by atoms with Crippen molar-refractivity contribution in [2.75, 3.05) is 0 Å². The Hall–Kier alpha value is -1.87. The van der Waals surface area contributed by atoms with Gasteiger partial charge in [-0.2, -0.15) is 0 Å². The Kier molecular flexibility index (Phi) is 2.38. The number of rotatable bonds is 2. The summed E-state index contributed by atoms with van der Waals surface area (Å²) < 4.78 is 0. The highest BCUT2D eigenvalue weighted by Crippen LogP contribution is 2.26. The van der Waals surface area contributed by atoms with Crippen LogP contribution in [-0.2, 0) is 6.42 Å². The second-order valence-electron chi connectivity index (χ2n) is 5.59. The molecule has 0 saturated carbocycles. The first-order valence-corrected chi connectivity index (χ1v) is 6.16. The van der Waals surface area contributed by atoms with Crippen molar-refractivity contribution < 1.29 is 0 Å². The van der Waals surface area contributed by atoms with E-state index in [4.69, 9.17) is 5.73 Å². The van der Waals surface area contributed by atoms with Crippen molar-refractivity contribution in [1.82, 2.24) is 9.97 Å². The molecule has 0 aliphatic rings. The lowest BCUT2D eigenvalue weighted by atomic mass is 9.95.